The molecule has 2 atom stereocenters. The van der Waals surface area contributed by atoms with E-state index in [1.54, 1.807) is 0 Å². The molecule has 2 heterocycles. The Morgan fingerprint density at radius 1 is 1.27 bits per heavy atom. The van der Waals surface area contributed by atoms with E-state index in [9.17, 15) is 0 Å². The van der Waals surface area contributed by atoms with Gasteiger partial charge in [-0.3, -0.25) is 0 Å². The van der Waals surface area contributed by atoms with Gasteiger partial charge in [0.1, 0.15) is 0 Å². The van der Waals surface area contributed by atoms with Crippen LogP contribution in [-0.2, 0) is 0 Å². The van der Waals surface area contributed by atoms with Gasteiger partial charge in [0.2, 0.25) is 0 Å². The summed E-state index contributed by atoms with van der Waals surface area (Å²) in [5, 5.41) is 8.77. The molecule has 0 N–H and O–H groups in total. The van der Waals surface area contributed by atoms with E-state index in [1.165, 1.54) is 12.8 Å². The van der Waals surface area contributed by atoms with E-state index in [-0.39, 0.29) is 0 Å². The monoisotopic (exact) mass is 150 g/mol. The Labute approximate surface area is 67.8 Å². The maximum atomic E-state index is 8.77. The van der Waals surface area contributed by atoms with Crippen LogP contribution in [0.1, 0.15) is 25.7 Å². The van der Waals surface area contributed by atoms with E-state index >= 15 is 0 Å². The van der Waals surface area contributed by atoms with E-state index in [0.717, 1.165) is 24.9 Å². The molecule has 0 spiro atoms. The molecular formula is C9H14N2. The number of fused-ring (bicyclic) bond motifs is 2. The van der Waals surface area contributed by atoms with Crippen LogP contribution in [0.2, 0.25) is 0 Å². The largest absolute Gasteiger partial charge is 0.300 e. The zero-order valence-corrected chi connectivity index (χ0v) is 6.95. The normalized spacial score (nSPS) is 43.8. The van der Waals surface area contributed by atoms with Gasteiger partial charge in [-0.2, -0.15) is 5.26 Å². The van der Waals surface area contributed by atoms with Crippen molar-refractivity contribution in [3.8, 4) is 6.07 Å². The summed E-state index contributed by atoms with van der Waals surface area (Å²) in [5.74, 6) is 0.351. The summed E-state index contributed by atoms with van der Waals surface area (Å²) >= 11 is 0. The van der Waals surface area contributed by atoms with Gasteiger partial charge in [-0.25, -0.2) is 0 Å². The van der Waals surface area contributed by atoms with Crippen molar-refractivity contribution < 1.29 is 0 Å². The van der Waals surface area contributed by atoms with Crippen molar-refractivity contribution in [2.75, 3.05) is 7.05 Å². The SMILES string of the molecule is CN1[C@@H]2CC[C@@H]1CC(C#N)C2. The van der Waals surface area contributed by atoms with Crippen molar-refractivity contribution in [2.24, 2.45) is 5.92 Å². The van der Waals surface area contributed by atoms with E-state index in [4.69, 9.17) is 5.26 Å². The maximum Gasteiger partial charge on any atom is 0.0657 e. The van der Waals surface area contributed by atoms with Crippen molar-refractivity contribution in [1.29, 1.82) is 5.26 Å². The maximum absolute atomic E-state index is 8.77. The first-order chi connectivity index (χ1) is 5.31. The van der Waals surface area contributed by atoms with Crippen LogP contribution in [0.5, 0.6) is 0 Å². The first-order valence-electron chi connectivity index (χ1n) is 4.43. The zero-order valence-electron chi connectivity index (χ0n) is 6.95. The zero-order chi connectivity index (χ0) is 7.84. The molecule has 0 aromatic rings. The minimum absolute atomic E-state index is 0.351. The van der Waals surface area contributed by atoms with Crippen LogP contribution in [0.25, 0.3) is 0 Å². The molecule has 2 nitrogen and oxygen atoms in total. The smallest absolute Gasteiger partial charge is 0.0657 e. The van der Waals surface area contributed by atoms with Crippen molar-refractivity contribution in [2.45, 2.75) is 37.8 Å². The molecule has 2 aliphatic rings. The Hall–Kier alpha value is -0.550. The predicted octanol–water partition coefficient (Wildman–Crippen LogP) is 1.38. The van der Waals surface area contributed by atoms with E-state index < -0.39 is 0 Å². The second kappa shape index (κ2) is 2.49. The molecule has 0 aromatic carbocycles. The van der Waals surface area contributed by atoms with Gasteiger partial charge >= 0.3 is 0 Å². The van der Waals surface area contributed by atoms with Gasteiger partial charge in [0, 0.05) is 18.0 Å². The molecule has 0 aliphatic carbocycles. The number of nitrogens with zero attached hydrogens (tertiary/aromatic N) is 2. The minimum atomic E-state index is 0.351. The first kappa shape index (κ1) is 7.12. The molecule has 0 amide bonds. The van der Waals surface area contributed by atoms with E-state index in [1.807, 2.05) is 0 Å². The highest BCUT2D eigenvalue weighted by atomic mass is 15.2. The van der Waals surface area contributed by atoms with Crippen LogP contribution in [0.15, 0.2) is 0 Å². The Balaban J connectivity index is 2.09. The summed E-state index contributed by atoms with van der Waals surface area (Å²) in [4.78, 5) is 2.47. The van der Waals surface area contributed by atoms with Crippen LogP contribution in [-0.4, -0.2) is 24.0 Å². The number of piperidine rings is 1. The fraction of sp³-hybridized carbons (Fsp3) is 0.889. The third-order valence-electron chi connectivity index (χ3n) is 3.28. The fourth-order valence-electron chi connectivity index (χ4n) is 2.52. The van der Waals surface area contributed by atoms with Crippen molar-refractivity contribution >= 4 is 0 Å². The summed E-state index contributed by atoms with van der Waals surface area (Å²) < 4.78 is 0. The Bertz CT molecular complexity index is 180. The number of hydrogen-bond acceptors (Lipinski definition) is 2. The molecule has 2 rings (SSSR count). The van der Waals surface area contributed by atoms with Crippen molar-refractivity contribution in [3.05, 3.63) is 0 Å². The van der Waals surface area contributed by atoms with Gasteiger partial charge < -0.3 is 4.90 Å². The van der Waals surface area contributed by atoms with Gasteiger partial charge in [0.25, 0.3) is 0 Å². The molecule has 0 saturated carbocycles. The van der Waals surface area contributed by atoms with Crippen LogP contribution in [0.4, 0.5) is 0 Å². The van der Waals surface area contributed by atoms with Crippen LogP contribution < -0.4 is 0 Å². The van der Waals surface area contributed by atoms with Gasteiger partial charge in [-0.15, -0.1) is 0 Å². The van der Waals surface area contributed by atoms with Gasteiger partial charge in [0.15, 0.2) is 0 Å². The van der Waals surface area contributed by atoms with Crippen molar-refractivity contribution in [3.63, 3.8) is 0 Å². The topological polar surface area (TPSA) is 27.0 Å². The second-order valence-corrected chi connectivity index (χ2v) is 3.85. The van der Waals surface area contributed by atoms with Gasteiger partial charge in [-0.05, 0) is 32.7 Å². The lowest BCUT2D eigenvalue weighted by Gasteiger charge is -2.33. The van der Waals surface area contributed by atoms with E-state index in [2.05, 4.69) is 18.0 Å². The highest BCUT2D eigenvalue weighted by Gasteiger charge is 2.38. The molecule has 2 bridgehead atoms. The highest BCUT2D eigenvalue weighted by Crippen LogP contribution is 2.36. The van der Waals surface area contributed by atoms with Crippen molar-refractivity contribution in [1.82, 2.24) is 4.90 Å². The summed E-state index contributed by atoms with van der Waals surface area (Å²) in [6.07, 6.45) is 4.87. The molecule has 2 saturated heterocycles. The molecule has 0 aromatic heterocycles. The Morgan fingerprint density at radius 3 is 2.27 bits per heavy atom. The third-order valence-corrected chi connectivity index (χ3v) is 3.28. The third kappa shape index (κ3) is 1.04. The van der Waals surface area contributed by atoms with Gasteiger partial charge in [0.05, 0.1) is 6.07 Å². The lowest BCUT2D eigenvalue weighted by molar-refractivity contribution is 0.154. The molecule has 2 heteroatoms. The number of nitriles is 1. The van der Waals surface area contributed by atoms with Gasteiger partial charge in [-0.1, -0.05) is 0 Å². The first-order valence-corrected chi connectivity index (χ1v) is 4.43. The highest BCUT2D eigenvalue weighted by molar-refractivity contribution is 4.99. The summed E-state index contributed by atoms with van der Waals surface area (Å²) in [7, 11) is 2.20. The standard InChI is InChI=1S/C9H14N2/c1-11-8-2-3-9(11)5-7(4-8)6-10/h7-9H,2-5H2,1H3/t8-,9-/m1/s1. The Morgan fingerprint density at radius 2 is 1.82 bits per heavy atom. The molecule has 0 radical (unpaired) electrons. The molecule has 2 fully saturated rings. The molecule has 2 aliphatic heterocycles. The van der Waals surface area contributed by atoms with E-state index in [0.29, 0.717) is 5.92 Å². The summed E-state index contributed by atoms with van der Waals surface area (Å²) in [6, 6.07) is 3.84. The number of hydrogen-bond donors (Lipinski definition) is 0. The Kier molecular flexibility index (Phi) is 1.61. The lowest BCUT2D eigenvalue weighted by atomic mass is 9.93. The average Bonchev–Trinajstić information content (AvgIpc) is 2.26. The average molecular weight is 150 g/mol. The van der Waals surface area contributed by atoms with Crippen LogP contribution in [0, 0.1) is 17.2 Å². The van der Waals surface area contributed by atoms with Crippen LogP contribution >= 0.6 is 0 Å². The number of rotatable bonds is 0. The molecule has 0 unspecified atom stereocenters. The second-order valence-electron chi connectivity index (χ2n) is 3.85. The lowest BCUT2D eigenvalue weighted by Crippen LogP contribution is -2.39. The fourth-order valence-corrected chi connectivity index (χ4v) is 2.52. The summed E-state index contributed by atoms with van der Waals surface area (Å²) in [6.45, 7) is 0. The quantitative estimate of drug-likeness (QED) is 0.521. The molecule has 11 heavy (non-hydrogen) atoms. The summed E-state index contributed by atoms with van der Waals surface area (Å²) in [5.41, 5.74) is 0. The minimum Gasteiger partial charge on any atom is -0.300 e. The predicted molar refractivity (Wildman–Crippen MR) is 42.9 cm³/mol. The molecule has 60 valence electrons. The van der Waals surface area contributed by atoms with Crippen LogP contribution in [0.3, 0.4) is 0 Å². The molecular weight excluding hydrogens is 136 g/mol.